The predicted molar refractivity (Wildman–Crippen MR) is 166 cm³/mol. The molecule has 5 rings (SSSR count). The Kier molecular flexibility index (Phi) is 10.5. The van der Waals surface area contributed by atoms with Crippen LogP contribution in [0, 0.1) is 5.92 Å². The summed E-state index contributed by atoms with van der Waals surface area (Å²) in [4.78, 5) is 17.2. The quantitative estimate of drug-likeness (QED) is 0.293. The number of alkyl halides is 3. The summed E-state index contributed by atoms with van der Waals surface area (Å²) in [7, 11) is 0. The first-order chi connectivity index (χ1) is 20.2. The van der Waals surface area contributed by atoms with Crippen LogP contribution in [0.1, 0.15) is 41.6 Å². The third kappa shape index (κ3) is 8.04. The van der Waals surface area contributed by atoms with E-state index in [0.29, 0.717) is 5.69 Å². The first-order valence-corrected chi connectivity index (χ1v) is 15.3. The third-order valence-electron chi connectivity index (χ3n) is 7.95. The van der Waals surface area contributed by atoms with Crippen molar-refractivity contribution in [2.24, 2.45) is 5.92 Å². The topological polar surface area (TPSA) is 74.3 Å². The highest BCUT2D eigenvalue weighted by molar-refractivity contribution is 6.76. The molecule has 0 bridgehead atoms. The largest absolute Gasteiger partial charge is 0.392 e. The van der Waals surface area contributed by atoms with Crippen molar-refractivity contribution in [2.45, 2.75) is 42.4 Å². The molecule has 3 aromatic carbocycles. The van der Waals surface area contributed by atoms with Crippen molar-refractivity contribution in [2.75, 3.05) is 38.0 Å². The standard InChI is InChI=1S/C32H36Cl3N3O4/c1-22-28(20-38-16-14-37(15-17-38)19-23-6-3-2-4-7-23)41-30(42-29(22)25-12-10-24(21-39)11-13-25)26-8-5-9-27(18-26)36-31(40)32(33,34)35/h2-13,18,22,28-30,39H,14-17,19-21H2,1H3,(H,36,40)/t22-,28+,29+,30+/m1/s1. The fourth-order valence-electron chi connectivity index (χ4n) is 5.52. The summed E-state index contributed by atoms with van der Waals surface area (Å²) < 4.78 is 11.1. The lowest BCUT2D eigenvalue weighted by molar-refractivity contribution is -0.276. The fourth-order valence-corrected chi connectivity index (χ4v) is 5.66. The highest BCUT2D eigenvalue weighted by atomic mass is 35.6. The number of nitrogens with zero attached hydrogens (tertiary/aromatic N) is 2. The second-order valence-electron chi connectivity index (χ2n) is 11.0. The molecule has 2 fully saturated rings. The maximum atomic E-state index is 12.3. The van der Waals surface area contributed by atoms with Crippen molar-refractivity contribution in [1.29, 1.82) is 0 Å². The minimum atomic E-state index is -2.08. The zero-order valence-electron chi connectivity index (χ0n) is 23.5. The van der Waals surface area contributed by atoms with E-state index in [1.165, 1.54) is 5.56 Å². The first-order valence-electron chi connectivity index (χ1n) is 14.2. The molecule has 0 aromatic heterocycles. The molecular formula is C32H36Cl3N3O4. The van der Waals surface area contributed by atoms with Crippen molar-refractivity contribution in [1.82, 2.24) is 9.80 Å². The van der Waals surface area contributed by atoms with Gasteiger partial charge in [-0.2, -0.15) is 0 Å². The van der Waals surface area contributed by atoms with Gasteiger partial charge in [-0.05, 0) is 28.8 Å². The van der Waals surface area contributed by atoms with Crippen molar-refractivity contribution < 1.29 is 19.4 Å². The molecule has 0 spiro atoms. The van der Waals surface area contributed by atoms with Gasteiger partial charge >= 0.3 is 0 Å². The van der Waals surface area contributed by atoms with E-state index in [4.69, 9.17) is 44.3 Å². The first kappa shape index (κ1) is 31.2. The van der Waals surface area contributed by atoms with E-state index in [0.717, 1.165) is 56.0 Å². The monoisotopic (exact) mass is 631 g/mol. The average Bonchev–Trinajstić information content (AvgIpc) is 2.99. The number of rotatable bonds is 8. The van der Waals surface area contributed by atoms with Gasteiger partial charge in [0.25, 0.3) is 9.70 Å². The Balaban J connectivity index is 1.31. The number of benzene rings is 3. The van der Waals surface area contributed by atoms with Gasteiger partial charge in [0.1, 0.15) is 0 Å². The lowest BCUT2D eigenvalue weighted by Gasteiger charge is -2.44. The molecule has 0 saturated carbocycles. The Morgan fingerprint density at radius 1 is 0.881 bits per heavy atom. The highest BCUT2D eigenvalue weighted by Gasteiger charge is 2.39. The number of carbonyl (C=O) groups is 1. The number of ether oxygens (including phenoxy) is 2. The van der Waals surface area contributed by atoms with Crippen molar-refractivity contribution in [3.8, 4) is 0 Å². The normalized spacial score (nSPS) is 23.9. The average molecular weight is 633 g/mol. The van der Waals surface area contributed by atoms with Crippen LogP contribution in [0.25, 0.3) is 0 Å². The van der Waals surface area contributed by atoms with Gasteiger partial charge < -0.3 is 19.9 Å². The molecule has 4 atom stereocenters. The van der Waals surface area contributed by atoms with Gasteiger partial charge in [0.05, 0.1) is 18.8 Å². The Labute approximate surface area is 262 Å². The molecule has 1 amide bonds. The molecule has 0 aliphatic carbocycles. The Bertz CT molecular complexity index is 1310. The summed E-state index contributed by atoms with van der Waals surface area (Å²) in [6.07, 6.45) is -1.01. The zero-order valence-corrected chi connectivity index (χ0v) is 25.7. The van der Waals surface area contributed by atoms with Crippen LogP contribution in [0.5, 0.6) is 0 Å². The maximum absolute atomic E-state index is 12.3. The molecular weight excluding hydrogens is 597 g/mol. The summed E-state index contributed by atoms with van der Waals surface area (Å²) in [5, 5.41) is 12.2. The highest BCUT2D eigenvalue weighted by Crippen LogP contribution is 2.42. The van der Waals surface area contributed by atoms with Crippen molar-refractivity contribution >= 4 is 46.4 Å². The van der Waals surface area contributed by atoms with Gasteiger partial charge in [-0.25, -0.2) is 0 Å². The zero-order chi connectivity index (χ0) is 29.7. The summed E-state index contributed by atoms with van der Waals surface area (Å²) in [6.45, 7) is 7.78. The van der Waals surface area contributed by atoms with Crippen LogP contribution in [-0.4, -0.2) is 63.4 Å². The SMILES string of the molecule is C[C@@H]1[C@H](CN2CCN(Cc3ccccc3)CC2)O[C@H](c2cccc(NC(=O)C(Cl)(Cl)Cl)c2)O[C@@H]1c1ccc(CO)cc1. The van der Waals surface area contributed by atoms with Crippen LogP contribution in [-0.2, 0) is 27.4 Å². The number of aliphatic hydroxyl groups excluding tert-OH is 1. The molecule has 3 aromatic rings. The summed E-state index contributed by atoms with van der Waals surface area (Å²) in [6, 6.07) is 25.6. The van der Waals surface area contributed by atoms with Crippen molar-refractivity contribution in [3.05, 3.63) is 101 Å². The molecule has 2 aliphatic heterocycles. The summed E-state index contributed by atoms with van der Waals surface area (Å²) in [5.74, 6) is -0.675. The van der Waals surface area contributed by atoms with Gasteiger partial charge in [0.2, 0.25) is 0 Å². The Morgan fingerprint density at radius 3 is 2.24 bits per heavy atom. The van der Waals surface area contributed by atoms with E-state index in [9.17, 15) is 9.90 Å². The molecule has 0 unspecified atom stereocenters. The van der Waals surface area contributed by atoms with E-state index < -0.39 is 16.0 Å². The lowest BCUT2D eigenvalue weighted by atomic mass is 9.90. The molecule has 10 heteroatoms. The Hall–Kier alpha value is -2.20. The molecule has 42 heavy (non-hydrogen) atoms. The van der Waals surface area contributed by atoms with Crippen molar-refractivity contribution in [3.63, 3.8) is 0 Å². The number of halogens is 3. The molecule has 2 heterocycles. The number of aliphatic hydroxyl groups is 1. The smallest absolute Gasteiger partial charge is 0.276 e. The van der Waals surface area contributed by atoms with Crippen LogP contribution < -0.4 is 5.32 Å². The molecule has 2 saturated heterocycles. The third-order valence-corrected chi connectivity index (χ3v) is 8.46. The van der Waals surface area contributed by atoms with Gasteiger partial charge in [0.15, 0.2) is 6.29 Å². The second-order valence-corrected chi connectivity index (χ2v) is 13.2. The number of anilines is 1. The second kappa shape index (κ2) is 14.1. The number of amides is 1. The van der Waals surface area contributed by atoms with E-state index in [1.54, 1.807) is 18.2 Å². The molecule has 0 radical (unpaired) electrons. The molecule has 2 aliphatic rings. The number of hydrogen-bond donors (Lipinski definition) is 2. The minimum absolute atomic E-state index is 0.0152. The predicted octanol–water partition coefficient (Wildman–Crippen LogP) is 6.10. The van der Waals surface area contributed by atoms with Gasteiger partial charge in [-0.15, -0.1) is 0 Å². The maximum Gasteiger partial charge on any atom is 0.276 e. The number of hydrogen-bond acceptors (Lipinski definition) is 6. The van der Waals surface area contributed by atoms with E-state index in [2.05, 4.69) is 46.3 Å². The summed E-state index contributed by atoms with van der Waals surface area (Å²) >= 11 is 17.3. The van der Waals surface area contributed by atoms with E-state index in [-0.39, 0.29) is 24.7 Å². The van der Waals surface area contributed by atoms with Gasteiger partial charge in [-0.1, -0.05) is 108 Å². The van der Waals surface area contributed by atoms with Crippen LogP contribution in [0.4, 0.5) is 5.69 Å². The van der Waals surface area contributed by atoms with Crippen LogP contribution in [0.15, 0.2) is 78.9 Å². The number of nitrogens with one attached hydrogen (secondary N) is 1. The van der Waals surface area contributed by atoms with E-state index >= 15 is 0 Å². The van der Waals surface area contributed by atoms with Gasteiger partial charge in [-0.3, -0.25) is 14.6 Å². The van der Waals surface area contributed by atoms with E-state index in [1.807, 2.05) is 36.4 Å². The lowest BCUT2D eigenvalue weighted by Crippen LogP contribution is -2.51. The molecule has 224 valence electrons. The summed E-state index contributed by atoms with van der Waals surface area (Å²) in [5.41, 5.74) is 4.42. The van der Waals surface area contributed by atoms with Gasteiger partial charge in [0, 0.05) is 56.4 Å². The molecule has 7 nitrogen and oxygen atoms in total. The van der Waals surface area contributed by atoms with Crippen LogP contribution in [0.2, 0.25) is 0 Å². The Morgan fingerprint density at radius 2 is 1.57 bits per heavy atom. The number of piperazine rings is 1. The van der Waals surface area contributed by atoms with Crippen LogP contribution >= 0.6 is 34.8 Å². The number of carbonyl (C=O) groups excluding carboxylic acids is 1. The fraction of sp³-hybridized carbons (Fsp3) is 0.406. The minimum Gasteiger partial charge on any atom is -0.392 e. The molecule has 2 N–H and O–H groups in total. The van der Waals surface area contributed by atoms with Crippen LogP contribution in [0.3, 0.4) is 0 Å².